The first-order valence-corrected chi connectivity index (χ1v) is 10.4. The van der Waals surface area contributed by atoms with E-state index in [1.54, 1.807) is 12.1 Å². The molecule has 31 heavy (non-hydrogen) atoms. The predicted molar refractivity (Wildman–Crippen MR) is 117 cm³/mol. The van der Waals surface area contributed by atoms with Crippen LogP contribution < -0.4 is 20.9 Å². The Labute approximate surface area is 183 Å². The van der Waals surface area contributed by atoms with Crippen molar-refractivity contribution in [2.24, 2.45) is 0 Å². The monoisotopic (exact) mass is 434 g/mol. The molecule has 1 aromatic carbocycles. The summed E-state index contributed by atoms with van der Waals surface area (Å²) in [6, 6.07) is 8.12. The molecular formula is C20H19ClN10. The van der Waals surface area contributed by atoms with Gasteiger partial charge in [-0.2, -0.15) is 30.1 Å². The average Bonchev–Trinajstić information content (AvgIpc) is 3.51. The van der Waals surface area contributed by atoms with Crippen molar-refractivity contribution < 1.29 is 0 Å². The van der Waals surface area contributed by atoms with E-state index in [0.29, 0.717) is 39.5 Å². The van der Waals surface area contributed by atoms with Crippen molar-refractivity contribution in [3.63, 3.8) is 0 Å². The van der Waals surface area contributed by atoms with E-state index in [1.165, 1.54) is 10.7 Å². The van der Waals surface area contributed by atoms with Gasteiger partial charge in [0, 0.05) is 32.2 Å². The third-order valence-corrected chi connectivity index (χ3v) is 5.68. The largest absolute Gasteiger partial charge is 0.368 e. The Morgan fingerprint density at radius 1 is 1.13 bits per heavy atom. The van der Waals surface area contributed by atoms with Crippen molar-refractivity contribution in [1.29, 1.82) is 10.5 Å². The fourth-order valence-corrected chi connectivity index (χ4v) is 3.81. The zero-order valence-electron chi connectivity index (χ0n) is 16.6. The van der Waals surface area contributed by atoms with Gasteiger partial charge >= 0.3 is 0 Å². The van der Waals surface area contributed by atoms with Crippen molar-refractivity contribution in [3.8, 4) is 12.1 Å². The Balaban J connectivity index is 1.56. The number of halogens is 1. The SMILES string of the molecule is N#Cc1cc(Nc2nc(NC3CC3)n3ncc(C#N)c3n2)c(Cl)c(N2CCNCC2)c1. The molecule has 2 aromatic heterocycles. The first-order chi connectivity index (χ1) is 15.2. The summed E-state index contributed by atoms with van der Waals surface area (Å²) in [6.07, 6.45) is 3.59. The van der Waals surface area contributed by atoms with Crippen LogP contribution in [0.5, 0.6) is 0 Å². The molecule has 0 amide bonds. The molecule has 0 unspecified atom stereocenters. The van der Waals surface area contributed by atoms with Crippen LogP contribution in [0, 0.1) is 22.7 Å². The van der Waals surface area contributed by atoms with Crippen LogP contribution in [-0.4, -0.2) is 51.8 Å². The molecule has 0 spiro atoms. The molecule has 3 heterocycles. The van der Waals surface area contributed by atoms with Crippen LogP contribution in [0.1, 0.15) is 24.0 Å². The minimum atomic E-state index is 0.274. The highest BCUT2D eigenvalue weighted by Crippen LogP contribution is 2.36. The summed E-state index contributed by atoms with van der Waals surface area (Å²) in [4.78, 5) is 11.2. The molecule has 0 bridgehead atoms. The normalized spacial score (nSPS) is 16.0. The number of piperazine rings is 1. The first kappa shape index (κ1) is 19.4. The van der Waals surface area contributed by atoms with E-state index in [9.17, 15) is 10.5 Å². The maximum atomic E-state index is 9.53. The topological polar surface area (TPSA) is 130 Å². The van der Waals surface area contributed by atoms with Gasteiger partial charge in [0.15, 0.2) is 5.65 Å². The van der Waals surface area contributed by atoms with Crippen LogP contribution in [0.4, 0.5) is 23.3 Å². The zero-order chi connectivity index (χ0) is 21.4. The number of benzene rings is 1. The van der Waals surface area contributed by atoms with Gasteiger partial charge in [0.2, 0.25) is 11.9 Å². The van der Waals surface area contributed by atoms with Crippen LogP contribution in [0.2, 0.25) is 5.02 Å². The Kier molecular flexibility index (Phi) is 4.94. The van der Waals surface area contributed by atoms with E-state index in [1.807, 2.05) is 0 Å². The maximum Gasteiger partial charge on any atom is 0.232 e. The fourth-order valence-electron chi connectivity index (χ4n) is 3.54. The molecule has 0 radical (unpaired) electrons. The van der Waals surface area contributed by atoms with E-state index < -0.39 is 0 Å². The molecule has 156 valence electrons. The van der Waals surface area contributed by atoms with E-state index in [4.69, 9.17) is 11.6 Å². The van der Waals surface area contributed by atoms with Crippen LogP contribution in [0.3, 0.4) is 0 Å². The van der Waals surface area contributed by atoms with E-state index in [0.717, 1.165) is 44.7 Å². The second-order valence-electron chi connectivity index (χ2n) is 7.53. The lowest BCUT2D eigenvalue weighted by Gasteiger charge is -2.30. The fraction of sp³-hybridized carbons (Fsp3) is 0.350. The molecule has 5 rings (SSSR count). The summed E-state index contributed by atoms with van der Waals surface area (Å²) < 4.78 is 1.53. The number of hydrogen-bond acceptors (Lipinski definition) is 9. The number of hydrogen-bond donors (Lipinski definition) is 3. The predicted octanol–water partition coefficient (Wildman–Crippen LogP) is 2.25. The summed E-state index contributed by atoms with van der Waals surface area (Å²) >= 11 is 6.74. The molecule has 0 atom stereocenters. The number of fused-ring (bicyclic) bond motifs is 1. The summed E-state index contributed by atoms with van der Waals surface area (Å²) in [5.41, 5.74) is 2.57. The highest BCUT2D eigenvalue weighted by Gasteiger charge is 2.24. The second kappa shape index (κ2) is 7.91. The number of rotatable bonds is 5. The molecular weight excluding hydrogens is 416 g/mol. The maximum absolute atomic E-state index is 9.53. The highest BCUT2D eigenvalue weighted by atomic mass is 35.5. The Hall–Kier alpha value is -3.60. The molecule has 1 aliphatic heterocycles. The second-order valence-corrected chi connectivity index (χ2v) is 7.90. The molecule has 2 aliphatic rings. The van der Waals surface area contributed by atoms with Crippen LogP contribution in [0.25, 0.3) is 5.65 Å². The molecule has 10 nitrogen and oxygen atoms in total. The highest BCUT2D eigenvalue weighted by molar-refractivity contribution is 6.36. The van der Waals surface area contributed by atoms with Crippen molar-refractivity contribution in [2.45, 2.75) is 18.9 Å². The minimum absolute atomic E-state index is 0.274. The molecule has 11 heteroatoms. The van der Waals surface area contributed by atoms with Crippen molar-refractivity contribution in [1.82, 2.24) is 24.9 Å². The van der Waals surface area contributed by atoms with Gasteiger partial charge in [-0.1, -0.05) is 11.6 Å². The average molecular weight is 435 g/mol. The van der Waals surface area contributed by atoms with Gasteiger partial charge in [-0.3, -0.25) is 0 Å². The van der Waals surface area contributed by atoms with Crippen LogP contribution >= 0.6 is 11.6 Å². The number of aromatic nitrogens is 4. The van der Waals surface area contributed by atoms with Gasteiger partial charge in [0.05, 0.1) is 34.2 Å². The Morgan fingerprint density at radius 2 is 1.94 bits per heavy atom. The van der Waals surface area contributed by atoms with Gasteiger partial charge in [-0.15, -0.1) is 0 Å². The van der Waals surface area contributed by atoms with Gasteiger partial charge in [0.25, 0.3) is 0 Å². The third kappa shape index (κ3) is 3.79. The van der Waals surface area contributed by atoms with Gasteiger partial charge in [-0.05, 0) is 25.0 Å². The minimum Gasteiger partial charge on any atom is -0.368 e. The number of anilines is 4. The zero-order valence-corrected chi connectivity index (χ0v) is 17.3. The summed E-state index contributed by atoms with van der Waals surface area (Å²) in [6.45, 7) is 3.30. The lowest BCUT2D eigenvalue weighted by molar-refractivity contribution is 0.589. The molecule has 2 fully saturated rings. The van der Waals surface area contributed by atoms with Crippen LogP contribution in [-0.2, 0) is 0 Å². The Bertz CT molecular complexity index is 1230. The standard InChI is InChI=1S/C20H19ClN10/c21-17-15(7-12(9-22)8-16(17)30-5-3-24-4-6-30)27-19-28-18-13(10-23)11-25-31(18)20(29-19)26-14-1-2-14/h7-8,11,14,24H,1-6H2,(H2,26,27,28,29). The molecule has 1 saturated heterocycles. The van der Waals surface area contributed by atoms with Crippen molar-refractivity contribution in [2.75, 3.05) is 41.7 Å². The van der Waals surface area contributed by atoms with Gasteiger partial charge in [0.1, 0.15) is 11.6 Å². The lowest BCUT2D eigenvalue weighted by atomic mass is 10.1. The van der Waals surface area contributed by atoms with Crippen molar-refractivity contribution >= 4 is 40.5 Å². The van der Waals surface area contributed by atoms with E-state index in [2.05, 4.69) is 48.1 Å². The summed E-state index contributed by atoms with van der Waals surface area (Å²) in [7, 11) is 0. The van der Waals surface area contributed by atoms with Gasteiger partial charge < -0.3 is 20.9 Å². The van der Waals surface area contributed by atoms with E-state index in [-0.39, 0.29) is 5.95 Å². The summed E-state index contributed by atoms with van der Waals surface area (Å²) in [5, 5.41) is 33.5. The number of nitrogens with zero attached hydrogens (tertiary/aromatic N) is 7. The molecule has 3 aromatic rings. The van der Waals surface area contributed by atoms with Crippen LogP contribution in [0.15, 0.2) is 18.3 Å². The Morgan fingerprint density at radius 3 is 2.65 bits per heavy atom. The summed E-state index contributed by atoms with van der Waals surface area (Å²) in [5.74, 6) is 0.780. The quantitative estimate of drug-likeness (QED) is 0.553. The van der Waals surface area contributed by atoms with Gasteiger partial charge in [-0.25, -0.2) is 0 Å². The number of nitriles is 2. The smallest absolute Gasteiger partial charge is 0.232 e. The third-order valence-electron chi connectivity index (χ3n) is 5.29. The number of nitrogens with one attached hydrogen (secondary N) is 3. The molecule has 1 saturated carbocycles. The molecule has 3 N–H and O–H groups in total. The first-order valence-electron chi connectivity index (χ1n) is 10.0. The van der Waals surface area contributed by atoms with E-state index >= 15 is 0 Å². The molecule has 1 aliphatic carbocycles. The lowest BCUT2D eigenvalue weighted by Crippen LogP contribution is -2.43. The van der Waals surface area contributed by atoms with Crippen molar-refractivity contribution in [3.05, 3.63) is 34.5 Å².